The topological polar surface area (TPSA) is 82.1 Å². The number of hydrogen-bond donors (Lipinski definition) is 1. The van der Waals surface area contributed by atoms with Gasteiger partial charge in [0.2, 0.25) is 0 Å². The van der Waals surface area contributed by atoms with E-state index in [4.69, 9.17) is 14.2 Å². The maximum atomic E-state index is 12.3. The molecule has 1 fully saturated rings. The van der Waals surface area contributed by atoms with Crippen molar-refractivity contribution in [3.05, 3.63) is 41.5 Å². The van der Waals surface area contributed by atoms with Crippen LogP contribution in [0.15, 0.2) is 35.9 Å². The highest BCUT2D eigenvalue weighted by Crippen LogP contribution is 2.33. The summed E-state index contributed by atoms with van der Waals surface area (Å²) in [7, 11) is 1.54. The second kappa shape index (κ2) is 9.92. The predicted octanol–water partition coefficient (Wildman–Crippen LogP) is 3.77. The van der Waals surface area contributed by atoms with Crippen molar-refractivity contribution in [3.8, 4) is 5.75 Å². The molecule has 1 heterocycles. The molecule has 0 radical (unpaired) electrons. The van der Waals surface area contributed by atoms with E-state index >= 15 is 0 Å². The summed E-state index contributed by atoms with van der Waals surface area (Å²) in [5, 5.41) is 9.85. The quantitative estimate of drug-likeness (QED) is 0.498. The number of allylic oxidation sites excluding steroid dienone is 1. The first-order valence-electron chi connectivity index (χ1n) is 10.1. The van der Waals surface area contributed by atoms with Crippen molar-refractivity contribution in [3.63, 3.8) is 0 Å². The summed E-state index contributed by atoms with van der Waals surface area (Å²) in [6.45, 7) is 8.08. The van der Waals surface area contributed by atoms with Gasteiger partial charge in [0.1, 0.15) is 12.4 Å². The normalized spacial score (nSPS) is 20.6. The predicted molar refractivity (Wildman–Crippen MR) is 110 cm³/mol. The maximum absolute atomic E-state index is 12.3. The van der Waals surface area contributed by atoms with E-state index in [0.717, 1.165) is 6.42 Å². The summed E-state index contributed by atoms with van der Waals surface area (Å²) in [6, 6.07) is 6.51. The van der Waals surface area contributed by atoms with E-state index in [1.54, 1.807) is 31.4 Å². The molecule has 1 aliphatic rings. The van der Waals surface area contributed by atoms with Crippen molar-refractivity contribution >= 4 is 11.9 Å². The second-order valence-corrected chi connectivity index (χ2v) is 8.33. The van der Waals surface area contributed by atoms with Crippen molar-refractivity contribution in [1.29, 1.82) is 0 Å². The molecule has 1 aromatic carbocycles. The van der Waals surface area contributed by atoms with Crippen molar-refractivity contribution in [1.82, 2.24) is 0 Å². The minimum atomic E-state index is -1.23. The van der Waals surface area contributed by atoms with Crippen LogP contribution in [0.5, 0.6) is 5.75 Å². The monoisotopic (exact) mass is 404 g/mol. The summed E-state index contributed by atoms with van der Waals surface area (Å²) in [6.07, 6.45) is 2.91. The Balaban J connectivity index is 2.02. The standard InChI is InChI=1S/C23H32O6/c1-15(2)20(16(3)4)11-8-18-12-23(13-24,29-22(18)26)14-28-21(25)17-6-9-19(27-5)10-7-17/h6-10,15-16,20,24H,11-14H2,1-5H3/b18-8-. The van der Waals surface area contributed by atoms with Gasteiger partial charge in [0.05, 0.1) is 19.3 Å². The number of ether oxygens (including phenoxy) is 3. The van der Waals surface area contributed by atoms with Crippen LogP contribution in [0.3, 0.4) is 0 Å². The van der Waals surface area contributed by atoms with Gasteiger partial charge in [-0.15, -0.1) is 0 Å². The highest BCUT2D eigenvalue weighted by atomic mass is 16.6. The number of hydrogen-bond acceptors (Lipinski definition) is 6. The lowest BCUT2D eigenvalue weighted by molar-refractivity contribution is -0.154. The number of cyclic esters (lactones) is 1. The van der Waals surface area contributed by atoms with Crippen LogP contribution in [0.25, 0.3) is 0 Å². The number of aliphatic hydroxyl groups is 1. The summed E-state index contributed by atoms with van der Waals surface area (Å²) in [5.74, 6) is 1.08. The number of benzene rings is 1. The first-order chi connectivity index (χ1) is 13.7. The minimum absolute atomic E-state index is 0.199. The molecular weight excluding hydrogens is 372 g/mol. The summed E-state index contributed by atoms with van der Waals surface area (Å²) >= 11 is 0. The molecule has 160 valence electrons. The van der Waals surface area contributed by atoms with Gasteiger partial charge in [-0.3, -0.25) is 0 Å². The van der Waals surface area contributed by atoms with E-state index in [1.807, 2.05) is 6.08 Å². The lowest BCUT2D eigenvalue weighted by Crippen LogP contribution is -2.39. The molecule has 1 atom stereocenters. The molecule has 1 unspecified atom stereocenters. The van der Waals surface area contributed by atoms with Gasteiger partial charge in [0, 0.05) is 12.0 Å². The molecule has 2 rings (SSSR count). The van der Waals surface area contributed by atoms with Crippen LogP contribution in [0, 0.1) is 17.8 Å². The van der Waals surface area contributed by atoms with Gasteiger partial charge in [0.15, 0.2) is 5.60 Å². The average molecular weight is 405 g/mol. The molecule has 6 heteroatoms. The minimum Gasteiger partial charge on any atom is -0.497 e. The zero-order valence-corrected chi connectivity index (χ0v) is 17.9. The Labute approximate surface area is 172 Å². The Morgan fingerprint density at radius 3 is 2.34 bits per heavy atom. The average Bonchev–Trinajstić information content (AvgIpc) is 3.02. The molecule has 1 saturated heterocycles. The largest absolute Gasteiger partial charge is 0.497 e. The number of aliphatic hydroxyl groups excluding tert-OH is 1. The van der Waals surface area contributed by atoms with Crippen molar-refractivity contribution in [2.75, 3.05) is 20.3 Å². The van der Waals surface area contributed by atoms with Crippen LogP contribution in [-0.2, 0) is 14.3 Å². The highest BCUT2D eigenvalue weighted by Gasteiger charge is 2.44. The first-order valence-corrected chi connectivity index (χ1v) is 10.1. The first kappa shape index (κ1) is 22.9. The Morgan fingerprint density at radius 2 is 1.83 bits per heavy atom. The van der Waals surface area contributed by atoms with Gasteiger partial charge in [-0.05, 0) is 48.4 Å². The number of esters is 2. The smallest absolute Gasteiger partial charge is 0.338 e. The Morgan fingerprint density at radius 1 is 1.21 bits per heavy atom. The zero-order chi connectivity index (χ0) is 21.6. The molecule has 1 aromatic rings. The van der Waals surface area contributed by atoms with Crippen LogP contribution in [0.2, 0.25) is 0 Å². The van der Waals surface area contributed by atoms with E-state index in [-0.39, 0.29) is 13.0 Å². The van der Waals surface area contributed by atoms with Crippen molar-refractivity contribution < 1.29 is 28.9 Å². The Bertz CT molecular complexity index is 726. The molecule has 0 amide bonds. The van der Waals surface area contributed by atoms with Gasteiger partial charge in [-0.25, -0.2) is 9.59 Å². The molecular formula is C23H32O6. The van der Waals surface area contributed by atoms with Crippen LogP contribution >= 0.6 is 0 Å². The van der Waals surface area contributed by atoms with Crippen molar-refractivity contribution in [2.45, 2.75) is 46.1 Å². The van der Waals surface area contributed by atoms with E-state index in [2.05, 4.69) is 27.7 Å². The van der Waals surface area contributed by atoms with E-state index in [0.29, 0.717) is 34.6 Å². The fourth-order valence-corrected chi connectivity index (χ4v) is 3.69. The molecule has 0 spiro atoms. The molecule has 0 bridgehead atoms. The summed E-state index contributed by atoms with van der Waals surface area (Å²) in [5.41, 5.74) is -0.336. The molecule has 0 aromatic heterocycles. The third kappa shape index (κ3) is 5.82. The van der Waals surface area contributed by atoms with Crippen LogP contribution in [-0.4, -0.2) is 43.0 Å². The fourth-order valence-electron chi connectivity index (χ4n) is 3.69. The number of carbonyl (C=O) groups is 2. The lowest BCUT2D eigenvalue weighted by Gasteiger charge is -2.24. The fraction of sp³-hybridized carbons (Fsp3) is 0.565. The van der Waals surface area contributed by atoms with E-state index in [1.165, 1.54) is 0 Å². The van der Waals surface area contributed by atoms with Gasteiger partial charge >= 0.3 is 11.9 Å². The second-order valence-electron chi connectivity index (χ2n) is 8.33. The molecule has 6 nitrogen and oxygen atoms in total. The van der Waals surface area contributed by atoms with E-state index < -0.39 is 24.1 Å². The van der Waals surface area contributed by atoms with Gasteiger partial charge < -0.3 is 19.3 Å². The number of methoxy groups -OCH3 is 1. The highest BCUT2D eigenvalue weighted by molar-refractivity contribution is 5.92. The maximum Gasteiger partial charge on any atom is 0.338 e. The van der Waals surface area contributed by atoms with Crippen LogP contribution < -0.4 is 4.74 Å². The van der Waals surface area contributed by atoms with Crippen LogP contribution in [0.1, 0.15) is 50.9 Å². The zero-order valence-electron chi connectivity index (χ0n) is 17.9. The van der Waals surface area contributed by atoms with Gasteiger partial charge in [0.25, 0.3) is 0 Å². The molecule has 1 N–H and O–H groups in total. The number of carbonyl (C=O) groups excluding carboxylic acids is 2. The molecule has 0 saturated carbocycles. The Kier molecular flexibility index (Phi) is 7.85. The van der Waals surface area contributed by atoms with Gasteiger partial charge in [-0.2, -0.15) is 0 Å². The Hall–Kier alpha value is -2.34. The summed E-state index contributed by atoms with van der Waals surface area (Å²) < 4.78 is 15.8. The third-order valence-electron chi connectivity index (χ3n) is 5.51. The van der Waals surface area contributed by atoms with Crippen LogP contribution in [0.4, 0.5) is 0 Å². The molecule has 29 heavy (non-hydrogen) atoms. The SMILES string of the molecule is COc1ccc(C(=O)OCC2(CO)C/C(=C/CC(C(C)C)C(C)C)C(=O)O2)cc1. The number of rotatable bonds is 9. The van der Waals surface area contributed by atoms with Crippen molar-refractivity contribution in [2.24, 2.45) is 17.8 Å². The summed E-state index contributed by atoms with van der Waals surface area (Å²) in [4.78, 5) is 24.6. The van der Waals surface area contributed by atoms with E-state index in [9.17, 15) is 14.7 Å². The van der Waals surface area contributed by atoms with Gasteiger partial charge in [-0.1, -0.05) is 33.8 Å². The molecule has 0 aliphatic carbocycles. The third-order valence-corrected chi connectivity index (χ3v) is 5.51. The lowest BCUT2D eigenvalue weighted by atomic mass is 9.82. The molecule has 1 aliphatic heterocycles.